The molecular formula is C7H5O4-. The summed E-state index contributed by atoms with van der Waals surface area (Å²) in [5.74, 6) is -3.72. The minimum absolute atomic E-state index is 0.0899. The van der Waals surface area contributed by atoms with Crippen molar-refractivity contribution in [3.63, 3.8) is 0 Å². The summed E-state index contributed by atoms with van der Waals surface area (Å²) in [6.45, 7) is 1.36. The van der Waals surface area contributed by atoms with Crippen molar-refractivity contribution in [1.29, 1.82) is 0 Å². The minimum atomic E-state index is -1.12. The van der Waals surface area contributed by atoms with Crippen LogP contribution in [-0.2, 0) is 9.59 Å². The van der Waals surface area contributed by atoms with Crippen LogP contribution in [0.2, 0.25) is 0 Å². The van der Waals surface area contributed by atoms with Crippen LogP contribution in [-0.4, -0.2) is 16.7 Å². The van der Waals surface area contributed by atoms with E-state index in [0.29, 0.717) is 0 Å². The molecule has 58 valence electrons. The summed E-state index contributed by atoms with van der Waals surface area (Å²) in [6, 6.07) is 0. The molecule has 0 heterocycles. The highest BCUT2D eigenvalue weighted by Gasteiger charge is 2.19. The third-order valence-corrected chi connectivity index (χ3v) is 1.36. The van der Waals surface area contributed by atoms with Crippen LogP contribution in [0, 0.1) is 0 Å². The number of carbonyl (C=O) groups excluding carboxylic acids is 2. The van der Waals surface area contributed by atoms with Crippen LogP contribution in [0.1, 0.15) is 6.92 Å². The van der Waals surface area contributed by atoms with Crippen molar-refractivity contribution < 1.29 is 19.8 Å². The Morgan fingerprint density at radius 3 is 2.55 bits per heavy atom. The predicted molar refractivity (Wildman–Crippen MR) is 33.4 cm³/mol. The van der Waals surface area contributed by atoms with Crippen LogP contribution < -0.4 is 5.11 Å². The summed E-state index contributed by atoms with van der Waals surface area (Å²) in [7, 11) is 0. The van der Waals surface area contributed by atoms with E-state index in [1.807, 2.05) is 0 Å². The molecule has 0 aromatic carbocycles. The van der Waals surface area contributed by atoms with Crippen molar-refractivity contribution in [3.05, 3.63) is 23.2 Å². The standard InChI is InChI=1S/C7H6O4/c1-3-2-4(8)6(10)7(11)5(3)9/h2,10-11H,1H3/p-1. The fraction of sp³-hybridized carbons (Fsp3) is 0.143. The number of rotatable bonds is 0. The van der Waals surface area contributed by atoms with Crippen LogP contribution in [0.25, 0.3) is 0 Å². The van der Waals surface area contributed by atoms with E-state index in [0.717, 1.165) is 6.08 Å². The molecule has 1 aliphatic rings. The Kier molecular flexibility index (Phi) is 1.53. The first-order valence-corrected chi connectivity index (χ1v) is 2.91. The molecule has 0 atom stereocenters. The lowest BCUT2D eigenvalue weighted by atomic mass is 10.0. The Morgan fingerprint density at radius 1 is 1.45 bits per heavy atom. The number of hydrogen-bond donors (Lipinski definition) is 1. The first kappa shape index (κ1) is 7.53. The normalized spacial score (nSPS) is 18.8. The monoisotopic (exact) mass is 153 g/mol. The third kappa shape index (κ3) is 1.02. The van der Waals surface area contributed by atoms with Gasteiger partial charge in [-0.2, -0.15) is 0 Å². The Bertz CT molecular complexity index is 296. The maximum atomic E-state index is 10.8. The van der Waals surface area contributed by atoms with E-state index >= 15 is 0 Å². The van der Waals surface area contributed by atoms with Crippen LogP contribution in [0.3, 0.4) is 0 Å². The highest BCUT2D eigenvalue weighted by Crippen LogP contribution is 2.12. The zero-order valence-electron chi connectivity index (χ0n) is 5.75. The van der Waals surface area contributed by atoms with E-state index in [9.17, 15) is 14.7 Å². The summed E-state index contributed by atoms with van der Waals surface area (Å²) in [4.78, 5) is 21.4. The topological polar surface area (TPSA) is 77.4 Å². The molecular weight excluding hydrogens is 148 g/mol. The van der Waals surface area contributed by atoms with Crippen LogP contribution in [0.15, 0.2) is 23.2 Å². The van der Waals surface area contributed by atoms with Crippen molar-refractivity contribution in [2.24, 2.45) is 0 Å². The molecule has 0 bridgehead atoms. The fourth-order valence-corrected chi connectivity index (χ4v) is 0.734. The Labute approximate surface area is 62.5 Å². The van der Waals surface area contributed by atoms with Gasteiger partial charge >= 0.3 is 0 Å². The van der Waals surface area contributed by atoms with Gasteiger partial charge in [-0.3, -0.25) is 9.59 Å². The number of aliphatic hydroxyl groups excluding tert-OH is 1. The summed E-state index contributed by atoms with van der Waals surface area (Å²) in [5.41, 5.74) is 0.0899. The van der Waals surface area contributed by atoms with E-state index in [-0.39, 0.29) is 5.57 Å². The van der Waals surface area contributed by atoms with Crippen LogP contribution >= 0.6 is 0 Å². The summed E-state index contributed by atoms with van der Waals surface area (Å²) < 4.78 is 0. The number of Topliss-reactive ketones (excluding diaryl/α,β-unsaturated/α-hetero) is 1. The Hall–Kier alpha value is -1.58. The Morgan fingerprint density at radius 2 is 2.00 bits per heavy atom. The van der Waals surface area contributed by atoms with Crippen molar-refractivity contribution in [3.8, 4) is 0 Å². The van der Waals surface area contributed by atoms with Crippen molar-refractivity contribution in [2.75, 3.05) is 0 Å². The fourth-order valence-electron chi connectivity index (χ4n) is 0.734. The highest BCUT2D eigenvalue weighted by molar-refractivity contribution is 6.20. The van der Waals surface area contributed by atoms with Gasteiger partial charge in [0.2, 0.25) is 5.78 Å². The third-order valence-electron chi connectivity index (χ3n) is 1.36. The second-order valence-electron chi connectivity index (χ2n) is 2.20. The molecule has 4 heteroatoms. The van der Waals surface area contributed by atoms with Crippen LogP contribution in [0.4, 0.5) is 0 Å². The molecule has 4 nitrogen and oxygen atoms in total. The van der Waals surface area contributed by atoms with Crippen molar-refractivity contribution in [1.82, 2.24) is 0 Å². The quantitative estimate of drug-likeness (QED) is 0.463. The number of hydrogen-bond acceptors (Lipinski definition) is 4. The molecule has 0 saturated heterocycles. The van der Waals surface area contributed by atoms with Gasteiger partial charge in [0.05, 0.1) is 0 Å². The molecule has 0 unspecified atom stereocenters. The van der Waals surface area contributed by atoms with Crippen molar-refractivity contribution in [2.45, 2.75) is 6.92 Å². The number of aliphatic hydroxyl groups is 1. The van der Waals surface area contributed by atoms with Gasteiger partial charge in [0, 0.05) is 5.57 Å². The van der Waals surface area contributed by atoms with Gasteiger partial charge < -0.3 is 10.2 Å². The van der Waals surface area contributed by atoms with Gasteiger partial charge in [0.15, 0.2) is 11.5 Å². The van der Waals surface area contributed by atoms with Gasteiger partial charge in [0.25, 0.3) is 0 Å². The average molecular weight is 153 g/mol. The SMILES string of the molecule is CC1=CC(=O)C([O-])=C(O)C1=O. The van der Waals surface area contributed by atoms with Gasteiger partial charge in [-0.05, 0) is 18.8 Å². The molecule has 0 aliphatic heterocycles. The average Bonchev–Trinajstić information content (AvgIpc) is 1.97. The highest BCUT2D eigenvalue weighted by atomic mass is 16.3. The second kappa shape index (κ2) is 2.23. The molecule has 1 N–H and O–H groups in total. The smallest absolute Gasteiger partial charge is 0.222 e. The molecule has 0 amide bonds. The molecule has 1 aliphatic carbocycles. The lowest BCUT2D eigenvalue weighted by molar-refractivity contribution is -0.301. The van der Waals surface area contributed by atoms with E-state index in [1.165, 1.54) is 6.92 Å². The number of ketones is 2. The maximum Gasteiger partial charge on any atom is 0.222 e. The summed E-state index contributed by atoms with van der Waals surface area (Å²) in [6.07, 6.45) is 0.921. The number of carbonyl (C=O) groups is 2. The van der Waals surface area contributed by atoms with Gasteiger partial charge in [-0.15, -0.1) is 0 Å². The summed E-state index contributed by atoms with van der Waals surface area (Å²) >= 11 is 0. The predicted octanol–water partition coefficient (Wildman–Crippen LogP) is -0.786. The van der Waals surface area contributed by atoms with E-state index in [2.05, 4.69) is 0 Å². The Balaban J connectivity index is 3.19. The zero-order valence-corrected chi connectivity index (χ0v) is 5.75. The zero-order chi connectivity index (χ0) is 8.59. The number of allylic oxidation sites excluding steroid dienone is 2. The lowest BCUT2D eigenvalue weighted by Crippen LogP contribution is -2.25. The summed E-state index contributed by atoms with van der Waals surface area (Å²) in [5, 5.41) is 19.3. The van der Waals surface area contributed by atoms with Gasteiger partial charge in [-0.1, -0.05) is 0 Å². The maximum absolute atomic E-state index is 10.8. The molecule has 11 heavy (non-hydrogen) atoms. The first-order chi connectivity index (χ1) is 5.04. The van der Waals surface area contributed by atoms with E-state index in [1.54, 1.807) is 0 Å². The van der Waals surface area contributed by atoms with Gasteiger partial charge in [0.1, 0.15) is 0 Å². The first-order valence-electron chi connectivity index (χ1n) is 2.91. The molecule has 1 rings (SSSR count). The molecule has 0 radical (unpaired) electrons. The molecule has 0 saturated carbocycles. The minimum Gasteiger partial charge on any atom is -0.867 e. The second-order valence-corrected chi connectivity index (χ2v) is 2.20. The van der Waals surface area contributed by atoms with E-state index in [4.69, 9.17) is 5.11 Å². The van der Waals surface area contributed by atoms with Gasteiger partial charge in [-0.25, -0.2) is 0 Å². The van der Waals surface area contributed by atoms with Crippen molar-refractivity contribution >= 4 is 11.6 Å². The molecule has 0 fully saturated rings. The molecule has 0 aromatic heterocycles. The van der Waals surface area contributed by atoms with E-state index < -0.39 is 23.1 Å². The largest absolute Gasteiger partial charge is 0.867 e. The molecule has 0 aromatic rings. The molecule has 0 spiro atoms. The van der Waals surface area contributed by atoms with Crippen LogP contribution in [0.5, 0.6) is 0 Å². The lowest BCUT2D eigenvalue weighted by Gasteiger charge is -2.15.